The third kappa shape index (κ3) is 4.14. The Morgan fingerprint density at radius 1 is 0.484 bits per heavy atom. The predicted molar refractivity (Wildman–Crippen MR) is 133 cm³/mol. The first-order valence-corrected chi connectivity index (χ1v) is 13.9. The van der Waals surface area contributed by atoms with Gasteiger partial charge in [-0.05, 0) is 118 Å². The molecule has 0 N–H and O–H groups in total. The van der Waals surface area contributed by atoms with Crippen LogP contribution >= 0.6 is 0 Å². The van der Waals surface area contributed by atoms with Crippen LogP contribution in [0.4, 0.5) is 0 Å². The van der Waals surface area contributed by atoms with Crippen LogP contribution in [0.3, 0.4) is 0 Å². The zero-order valence-corrected chi connectivity index (χ0v) is 20.0. The second-order valence-corrected chi connectivity index (χ2v) is 11.9. The first-order chi connectivity index (χ1) is 15.2. The fourth-order valence-electron chi connectivity index (χ4n) is 9.21. The minimum Gasteiger partial charge on any atom is -0.294 e. The zero-order valence-electron chi connectivity index (χ0n) is 20.0. The number of nitrogens with zero attached hydrogens (tertiary/aromatic N) is 1. The molecule has 0 aromatic carbocycles. The molecule has 0 radical (unpaired) electrons. The van der Waals surface area contributed by atoms with Crippen molar-refractivity contribution in [1.82, 2.24) is 4.90 Å². The van der Waals surface area contributed by atoms with Crippen LogP contribution in [0.5, 0.6) is 0 Å². The normalized spacial score (nSPS) is 48.4. The minimum absolute atomic E-state index is 0.767. The summed E-state index contributed by atoms with van der Waals surface area (Å²) in [6, 6.07) is 2.53. The smallest absolute Gasteiger partial charge is 0.0133 e. The van der Waals surface area contributed by atoms with Crippen LogP contribution in [0.1, 0.15) is 89.9 Å². The summed E-state index contributed by atoms with van der Waals surface area (Å²) in [6.07, 6.45) is 26.9. The fraction of sp³-hybridized carbons (Fsp3) is 0.800. The molecule has 8 unspecified atom stereocenters. The average Bonchev–Trinajstić information content (AvgIpc) is 2.96. The molecule has 0 spiro atoms. The third-order valence-electron chi connectivity index (χ3n) is 10.7. The molecular formula is C30H47N. The predicted octanol–water partition coefficient (Wildman–Crippen LogP) is 7.80. The van der Waals surface area contributed by atoms with Crippen LogP contribution in [0.25, 0.3) is 0 Å². The van der Waals surface area contributed by atoms with Crippen LogP contribution < -0.4 is 0 Å². The van der Waals surface area contributed by atoms with E-state index in [1.165, 1.54) is 89.9 Å². The second-order valence-electron chi connectivity index (χ2n) is 11.9. The molecule has 1 heterocycles. The molecule has 1 saturated heterocycles. The summed E-state index contributed by atoms with van der Waals surface area (Å²) in [5.41, 5.74) is 0. The molecule has 0 aromatic rings. The van der Waals surface area contributed by atoms with Crippen LogP contribution in [-0.4, -0.2) is 23.0 Å². The van der Waals surface area contributed by atoms with E-state index < -0.39 is 0 Å². The average molecular weight is 422 g/mol. The summed E-state index contributed by atoms with van der Waals surface area (Å²) in [4.78, 5) is 3.23. The summed E-state index contributed by atoms with van der Waals surface area (Å²) in [7, 11) is 0. The highest BCUT2D eigenvalue weighted by atomic mass is 15.2. The van der Waals surface area contributed by atoms with Gasteiger partial charge in [-0.3, -0.25) is 4.90 Å². The lowest BCUT2D eigenvalue weighted by atomic mass is 9.60. The van der Waals surface area contributed by atoms with E-state index in [-0.39, 0.29) is 0 Å². The molecule has 5 fully saturated rings. The third-order valence-corrected chi connectivity index (χ3v) is 10.7. The summed E-state index contributed by atoms with van der Waals surface area (Å²) < 4.78 is 0. The highest BCUT2D eigenvalue weighted by molar-refractivity contribution is 5.08. The van der Waals surface area contributed by atoms with Crippen molar-refractivity contribution in [1.29, 1.82) is 0 Å². The van der Waals surface area contributed by atoms with Crippen molar-refractivity contribution < 1.29 is 0 Å². The topological polar surface area (TPSA) is 3.24 Å². The SMILES string of the molecule is C=CC1CCC(N2C3CCC(C=C)CC3C3CCCCC3C3CC(C=C)CCC32)CC1. The molecule has 172 valence electrons. The summed E-state index contributed by atoms with van der Waals surface area (Å²) >= 11 is 0. The van der Waals surface area contributed by atoms with E-state index in [9.17, 15) is 0 Å². The zero-order chi connectivity index (χ0) is 21.4. The first-order valence-electron chi connectivity index (χ1n) is 13.9. The molecule has 4 aliphatic carbocycles. The number of fused-ring (bicyclic) bond motifs is 5. The van der Waals surface area contributed by atoms with Crippen LogP contribution in [0.15, 0.2) is 38.0 Å². The van der Waals surface area contributed by atoms with E-state index in [0.717, 1.165) is 59.6 Å². The maximum atomic E-state index is 4.24. The standard InChI is InChI=1S/C30H47N/c1-4-21-11-15-24(16-12-21)31-29-17-13-22(5-2)19-27(29)25-9-7-8-10-26(25)28-20-23(6-3)14-18-30(28)31/h4-6,21-30H,1-3,7-20H2. The van der Waals surface area contributed by atoms with Crippen molar-refractivity contribution in [3.05, 3.63) is 38.0 Å². The molecule has 8 atom stereocenters. The molecule has 31 heavy (non-hydrogen) atoms. The van der Waals surface area contributed by atoms with Gasteiger partial charge >= 0.3 is 0 Å². The fourth-order valence-corrected chi connectivity index (χ4v) is 9.21. The molecule has 1 heteroatoms. The Bertz CT molecular complexity index is 601. The highest BCUT2D eigenvalue weighted by Gasteiger charge is 2.53. The number of hydrogen-bond donors (Lipinski definition) is 0. The molecule has 1 aliphatic heterocycles. The largest absolute Gasteiger partial charge is 0.294 e. The van der Waals surface area contributed by atoms with Crippen molar-refractivity contribution >= 4 is 0 Å². The lowest BCUT2D eigenvalue weighted by Crippen LogP contribution is -2.56. The van der Waals surface area contributed by atoms with Gasteiger partial charge in [0, 0.05) is 18.1 Å². The Balaban J connectivity index is 1.50. The summed E-state index contributed by atoms with van der Waals surface area (Å²) in [5.74, 6) is 6.11. The highest BCUT2D eigenvalue weighted by Crippen LogP contribution is 2.56. The van der Waals surface area contributed by atoms with Crippen molar-refractivity contribution in [2.24, 2.45) is 41.4 Å². The number of rotatable bonds is 4. The molecule has 5 rings (SSSR count). The maximum Gasteiger partial charge on any atom is 0.0133 e. The van der Waals surface area contributed by atoms with Gasteiger partial charge in [0.2, 0.25) is 0 Å². The summed E-state index contributed by atoms with van der Waals surface area (Å²) in [6.45, 7) is 12.6. The first kappa shape index (κ1) is 22.0. The Morgan fingerprint density at radius 3 is 1.39 bits per heavy atom. The molecule has 0 bridgehead atoms. The Hall–Kier alpha value is -0.820. The molecular weight excluding hydrogens is 374 g/mol. The Morgan fingerprint density at radius 2 is 0.935 bits per heavy atom. The molecule has 0 aromatic heterocycles. The van der Waals surface area contributed by atoms with Crippen LogP contribution in [-0.2, 0) is 0 Å². The van der Waals surface area contributed by atoms with E-state index in [2.05, 4.69) is 42.9 Å². The van der Waals surface area contributed by atoms with E-state index in [0.29, 0.717) is 0 Å². The van der Waals surface area contributed by atoms with Gasteiger partial charge in [0.25, 0.3) is 0 Å². The molecule has 4 saturated carbocycles. The van der Waals surface area contributed by atoms with Gasteiger partial charge in [-0.2, -0.15) is 0 Å². The number of likely N-dealkylation sites (tertiary alicyclic amines) is 1. The molecule has 1 nitrogen and oxygen atoms in total. The minimum atomic E-state index is 0.767. The van der Waals surface area contributed by atoms with Crippen molar-refractivity contribution in [2.45, 2.75) is 108 Å². The monoisotopic (exact) mass is 421 g/mol. The molecule has 0 amide bonds. The van der Waals surface area contributed by atoms with E-state index in [1.807, 2.05) is 0 Å². The van der Waals surface area contributed by atoms with Gasteiger partial charge in [-0.15, -0.1) is 19.7 Å². The van der Waals surface area contributed by atoms with Gasteiger partial charge in [-0.1, -0.05) is 31.1 Å². The van der Waals surface area contributed by atoms with Crippen molar-refractivity contribution in [2.75, 3.05) is 0 Å². The Labute approximate surface area is 192 Å². The van der Waals surface area contributed by atoms with Gasteiger partial charge in [-0.25, -0.2) is 0 Å². The van der Waals surface area contributed by atoms with Crippen molar-refractivity contribution in [3.63, 3.8) is 0 Å². The summed E-state index contributed by atoms with van der Waals surface area (Å²) in [5, 5.41) is 0. The number of hydrogen-bond acceptors (Lipinski definition) is 1. The van der Waals surface area contributed by atoms with E-state index in [4.69, 9.17) is 0 Å². The van der Waals surface area contributed by atoms with Gasteiger partial charge in [0.15, 0.2) is 0 Å². The van der Waals surface area contributed by atoms with Crippen LogP contribution in [0.2, 0.25) is 0 Å². The quantitative estimate of drug-likeness (QED) is 0.419. The van der Waals surface area contributed by atoms with E-state index >= 15 is 0 Å². The van der Waals surface area contributed by atoms with E-state index in [1.54, 1.807) is 0 Å². The van der Waals surface area contributed by atoms with Gasteiger partial charge in [0.1, 0.15) is 0 Å². The maximum absolute atomic E-state index is 4.24. The van der Waals surface area contributed by atoms with Gasteiger partial charge in [0.05, 0.1) is 0 Å². The lowest BCUT2D eigenvalue weighted by molar-refractivity contribution is -0.0231. The van der Waals surface area contributed by atoms with Crippen molar-refractivity contribution in [3.8, 4) is 0 Å². The Kier molecular flexibility index (Phi) is 6.80. The molecule has 5 aliphatic rings. The van der Waals surface area contributed by atoms with Gasteiger partial charge < -0.3 is 0 Å². The number of allylic oxidation sites excluding steroid dienone is 3. The second kappa shape index (κ2) is 9.58. The van der Waals surface area contributed by atoms with Crippen LogP contribution in [0, 0.1) is 41.4 Å². The lowest BCUT2D eigenvalue weighted by Gasteiger charge is -2.52.